The van der Waals surface area contributed by atoms with Crippen LogP contribution in [0.3, 0.4) is 0 Å². The molecule has 1 aliphatic heterocycles. The third kappa shape index (κ3) is 4.62. The van der Waals surface area contributed by atoms with Gasteiger partial charge in [0.2, 0.25) is 0 Å². The van der Waals surface area contributed by atoms with Crippen LogP contribution in [-0.4, -0.2) is 42.3 Å². The molecule has 3 aromatic carbocycles. The van der Waals surface area contributed by atoms with Crippen molar-refractivity contribution in [3.05, 3.63) is 102 Å². The van der Waals surface area contributed by atoms with E-state index in [4.69, 9.17) is 9.26 Å². The minimum Gasteiger partial charge on any atom is -0.462 e. The third-order valence-corrected chi connectivity index (χ3v) is 6.86. The van der Waals surface area contributed by atoms with Crippen molar-refractivity contribution in [1.29, 1.82) is 0 Å². The number of carbonyl (C=O) groups is 1. The first kappa shape index (κ1) is 22.4. The number of carbonyl (C=O) groups excluding carboxylic acids is 1. The number of para-hydroxylation sites is 1. The van der Waals surface area contributed by atoms with Gasteiger partial charge >= 0.3 is 5.97 Å². The van der Waals surface area contributed by atoms with Crippen LogP contribution in [0.25, 0.3) is 11.0 Å². The molecule has 174 valence electrons. The first-order valence-corrected chi connectivity index (χ1v) is 12.0. The quantitative estimate of drug-likeness (QED) is 0.360. The molecular formula is C29H30N2O3. The molecule has 0 saturated carbocycles. The fraction of sp³-hybridized carbons (Fsp3) is 0.310. The van der Waals surface area contributed by atoms with E-state index >= 15 is 0 Å². The van der Waals surface area contributed by atoms with Gasteiger partial charge in [-0.05, 0) is 56.0 Å². The Morgan fingerprint density at radius 1 is 0.912 bits per heavy atom. The number of nitrogens with zero attached hydrogens (tertiary/aromatic N) is 2. The number of benzene rings is 3. The summed E-state index contributed by atoms with van der Waals surface area (Å²) >= 11 is 0. The second kappa shape index (κ2) is 9.82. The molecule has 0 N–H and O–H groups in total. The second-order valence-corrected chi connectivity index (χ2v) is 9.34. The van der Waals surface area contributed by atoms with Crippen molar-refractivity contribution < 1.29 is 14.1 Å². The SMILES string of the molecule is CN1CCC(OC(=O)C(Cc2ccccc2)(Cc2ccccc2)c2noc3ccccc23)CC1. The molecular weight excluding hydrogens is 424 g/mol. The molecule has 2 heterocycles. The Labute approximate surface area is 200 Å². The lowest BCUT2D eigenvalue weighted by Gasteiger charge is -2.34. The number of ether oxygens (including phenoxy) is 1. The highest BCUT2D eigenvalue weighted by Gasteiger charge is 2.47. The molecule has 0 radical (unpaired) electrons. The summed E-state index contributed by atoms with van der Waals surface area (Å²) in [6.07, 6.45) is 2.55. The van der Waals surface area contributed by atoms with Gasteiger partial charge in [-0.25, -0.2) is 0 Å². The van der Waals surface area contributed by atoms with E-state index < -0.39 is 5.41 Å². The largest absolute Gasteiger partial charge is 0.462 e. The summed E-state index contributed by atoms with van der Waals surface area (Å²) in [7, 11) is 2.11. The molecule has 4 aromatic rings. The Bertz CT molecular complexity index is 1190. The van der Waals surface area contributed by atoms with Gasteiger partial charge in [0.15, 0.2) is 5.58 Å². The van der Waals surface area contributed by atoms with Crippen LogP contribution in [0.5, 0.6) is 0 Å². The lowest BCUT2D eigenvalue weighted by molar-refractivity contribution is -0.158. The molecule has 1 saturated heterocycles. The van der Waals surface area contributed by atoms with Crippen molar-refractivity contribution in [3.63, 3.8) is 0 Å². The topological polar surface area (TPSA) is 55.6 Å². The molecule has 0 amide bonds. The number of hydrogen-bond acceptors (Lipinski definition) is 5. The van der Waals surface area contributed by atoms with E-state index in [1.165, 1.54) is 0 Å². The van der Waals surface area contributed by atoms with Crippen molar-refractivity contribution in [2.24, 2.45) is 0 Å². The molecule has 0 aliphatic carbocycles. The van der Waals surface area contributed by atoms with Crippen LogP contribution >= 0.6 is 0 Å². The fourth-order valence-electron chi connectivity index (χ4n) is 4.96. The van der Waals surface area contributed by atoms with Gasteiger partial charge in [-0.1, -0.05) is 78.0 Å². The maximum atomic E-state index is 14.2. The van der Waals surface area contributed by atoms with E-state index in [2.05, 4.69) is 41.4 Å². The highest BCUT2D eigenvalue weighted by atomic mass is 16.5. The molecule has 1 fully saturated rings. The van der Waals surface area contributed by atoms with Crippen molar-refractivity contribution in [3.8, 4) is 0 Å². The third-order valence-electron chi connectivity index (χ3n) is 6.86. The summed E-state index contributed by atoms with van der Waals surface area (Å²) in [5, 5.41) is 5.36. The van der Waals surface area contributed by atoms with Crippen LogP contribution in [0.1, 0.15) is 29.7 Å². The summed E-state index contributed by atoms with van der Waals surface area (Å²) in [5.41, 5.74) is 2.43. The predicted octanol–water partition coefficient (Wildman–Crippen LogP) is 5.19. The van der Waals surface area contributed by atoms with Gasteiger partial charge in [0.1, 0.15) is 17.2 Å². The molecule has 1 aromatic heterocycles. The molecule has 0 unspecified atom stereocenters. The standard InChI is InChI=1S/C29H30N2O3/c1-31-18-16-24(17-19-31)33-28(32)29(20-22-10-4-2-5-11-22,21-23-12-6-3-7-13-23)27-25-14-8-9-15-26(25)34-30-27/h2-15,24H,16-21H2,1H3. The number of rotatable bonds is 7. The number of piperidine rings is 1. The number of aromatic nitrogens is 1. The second-order valence-electron chi connectivity index (χ2n) is 9.34. The average molecular weight is 455 g/mol. The zero-order chi connectivity index (χ0) is 23.4. The monoisotopic (exact) mass is 454 g/mol. The Balaban J connectivity index is 1.62. The summed E-state index contributed by atoms with van der Waals surface area (Å²) < 4.78 is 12.0. The van der Waals surface area contributed by atoms with E-state index in [0.717, 1.165) is 42.4 Å². The summed E-state index contributed by atoms with van der Waals surface area (Å²) in [5.74, 6) is -0.228. The van der Waals surface area contributed by atoms with Gasteiger partial charge < -0.3 is 14.2 Å². The van der Waals surface area contributed by atoms with Crippen LogP contribution in [0.15, 0.2) is 89.5 Å². The van der Waals surface area contributed by atoms with Crippen LogP contribution in [0.4, 0.5) is 0 Å². The van der Waals surface area contributed by atoms with Crippen molar-refractivity contribution in [2.75, 3.05) is 20.1 Å². The smallest absolute Gasteiger partial charge is 0.319 e. The normalized spacial score (nSPS) is 15.4. The number of likely N-dealkylation sites (tertiary alicyclic amines) is 1. The highest BCUT2D eigenvalue weighted by Crippen LogP contribution is 2.38. The number of fused-ring (bicyclic) bond motifs is 1. The Morgan fingerprint density at radius 3 is 2.09 bits per heavy atom. The zero-order valence-corrected chi connectivity index (χ0v) is 19.5. The van der Waals surface area contributed by atoms with Crippen molar-refractivity contribution in [2.45, 2.75) is 37.2 Å². The van der Waals surface area contributed by atoms with Crippen LogP contribution < -0.4 is 0 Å². The maximum absolute atomic E-state index is 14.2. The minimum atomic E-state index is -1.02. The summed E-state index contributed by atoms with van der Waals surface area (Å²) in [4.78, 5) is 16.5. The predicted molar refractivity (Wildman–Crippen MR) is 133 cm³/mol. The molecule has 5 rings (SSSR count). The lowest BCUT2D eigenvalue weighted by Crippen LogP contribution is -2.45. The average Bonchev–Trinajstić information content (AvgIpc) is 3.31. The minimum absolute atomic E-state index is 0.0900. The molecule has 0 bridgehead atoms. The van der Waals surface area contributed by atoms with Crippen LogP contribution in [-0.2, 0) is 27.8 Å². The molecule has 0 atom stereocenters. The van der Waals surface area contributed by atoms with Gasteiger partial charge in [-0.2, -0.15) is 0 Å². The van der Waals surface area contributed by atoms with Crippen LogP contribution in [0, 0.1) is 0 Å². The van der Waals surface area contributed by atoms with Crippen molar-refractivity contribution >= 4 is 16.9 Å². The maximum Gasteiger partial charge on any atom is 0.319 e. The van der Waals surface area contributed by atoms with E-state index in [9.17, 15) is 4.79 Å². The fourth-order valence-corrected chi connectivity index (χ4v) is 4.96. The zero-order valence-electron chi connectivity index (χ0n) is 19.5. The Morgan fingerprint density at radius 2 is 1.47 bits per heavy atom. The first-order valence-electron chi connectivity index (χ1n) is 12.0. The van der Waals surface area contributed by atoms with Crippen molar-refractivity contribution in [1.82, 2.24) is 10.1 Å². The lowest BCUT2D eigenvalue weighted by atomic mass is 9.73. The first-order chi connectivity index (χ1) is 16.6. The van der Waals surface area contributed by atoms with Gasteiger partial charge in [0, 0.05) is 18.5 Å². The highest BCUT2D eigenvalue weighted by molar-refractivity contribution is 5.91. The van der Waals surface area contributed by atoms with Gasteiger partial charge in [0.05, 0.1) is 0 Å². The van der Waals surface area contributed by atoms with E-state index in [-0.39, 0.29) is 12.1 Å². The molecule has 1 aliphatic rings. The summed E-state index contributed by atoms with van der Waals surface area (Å²) in [6, 6.07) is 28.0. The van der Waals surface area contributed by atoms with Crippen LogP contribution in [0.2, 0.25) is 0 Å². The van der Waals surface area contributed by atoms with Gasteiger partial charge in [0.25, 0.3) is 0 Å². The molecule has 5 heteroatoms. The molecule has 5 nitrogen and oxygen atoms in total. The Kier molecular flexibility index (Phi) is 6.45. The van der Waals surface area contributed by atoms with Gasteiger partial charge in [-0.3, -0.25) is 4.79 Å². The molecule has 0 spiro atoms. The van der Waals surface area contributed by atoms with E-state index in [1.54, 1.807) is 0 Å². The van der Waals surface area contributed by atoms with E-state index in [1.807, 2.05) is 60.7 Å². The molecule has 34 heavy (non-hydrogen) atoms. The van der Waals surface area contributed by atoms with Gasteiger partial charge in [-0.15, -0.1) is 0 Å². The number of esters is 1. The summed E-state index contributed by atoms with van der Waals surface area (Å²) in [6.45, 7) is 1.85. The number of hydrogen-bond donors (Lipinski definition) is 0. The Hall–Kier alpha value is -3.44. The van der Waals surface area contributed by atoms with E-state index in [0.29, 0.717) is 24.1 Å².